The number of likely N-dealkylation sites (N-methyl/N-ethyl adjacent to an activating group) is 1. The lowest BCUT2D eigenvalue weighted by Gasteiger charge is -2.19. The van der Waals surface area contributed by atoms with Gasteiger partial charge in [-0.15, -0.1) is 0 Å². The van der Waals surface area contributed by atoms with Crippen molar-refractivity contribution in [3.05, 3.63) is 42.5 Å². The Morgan fingerprint density at radius 3 is 2.12 bits per heavy atom. The number of fused-ring (bicyclic) bond motifs is 1. The van der Waals surface area contributed by atoms with E-state index in [0.717, 1.165) is 26.2 Å². The smallest absolute Gasteiger partial charge is 0.0870 e. The minimum Gasteiger partial charge on any atom is -0.543 e. The molecule has 2 rings (SSSR count). The van der Waals surface area contributed by atoms with Crippen molar-refractivity contribution in [1.82, 2.24) is 4.90 Å². The standard InChI is InChI=1S/C16H22N2.C2H2O4/c1-3-18(4-2)13-12-17-16-11-7-9-14-8-5-6-10-15(14)16;3-1(4)2(5)6/h5-11,17H,3-4,12-13H2,1-2H3;(H,3,4)(H,5,6)/p-2. The molecule has 0 aromatic heterocycles. The number of carbonyl (C=O) groups is 2. The summed E-state index contributed by atoms with van der Waals surface area (Å²) in [5.41, 5.74) is 1.24. The van der Waals surface area contributed by atoms with E-state index in [1.54, 1.807) is 0 Å². The summed E-state index contributed by atoms with van der Waals surface area (Å²) in [6, 6.07) is 14.9. The van der Waals surface area contributed by atoms with Crippen LogP contribution in [0.5, 0.6) is 0 Å². The van der Waals surface area contributed by atoms with Crippen LogP contribution in [-0.4, -0.2) is 43.0 Å². The SMILES string of the molecule is CCN(CC)CCNc1cccc2ccccc12.O=C([O-])C(=O)[O-]. The maximum absolute atomic E-state index is 8.93. The molecule has 0 amide bonds. The van der Waals surface area contributed by atoms with Gasteiger partial charge in [-0.05, 0) is 24.5 Å². The molecule has 130 valence electrons. The first kappa shape index (κ1) is 19.4. The molecule has 0 saturated heterocycles. The van der Waals surface area contributed by atoms with E-state index < -0.39 is 11.9 Å². The molecule has 6 nitrogen and oxygen atoms in total. The van der Waals surface area contributed by atoms with Gasteiger partial charge in [-0.2, -0.15) is 0 Å². The minimum absolute atomic E-state index is 0.996. The van der Waals surface area contributed by atoms with Crippen molar-refractivity contribution < 1.29 is 19.8 Å². The molecule has 0 unspecified atom stereocenters. The van der Waals surface area contributed by atoms with Crippen LogP contribution in [0, 0.1) is 0 Å². The van der Waals surface area contributed by atoms with Gasteiger partial charge >= 0.3 is 0 Å². The largest absolute Gasteiger partial charge is 0.543 e. The van der Waals surface area contributed by atoms with Gasteiger partial charge in [0.05, 0.1) is 11.9 Å². The highest BCUT2D eigenvalue weighted by atomic mass is 16.4. The van der Waals surface area contributed by atoms with Crippen LogP contribution < -0.4 is 15.5 Å². The molecular formula is C18H22N2O4-2. The number of nitrogens with one attached hydrogen (secondary N) is 1. The minimum atomic E-state index is -2.19. The van der Waals surface area contributed by atoms with E-state index in [9.17, 15) is 0 Å². The average Bonchev–Trinajstić information content (AvgIpc) is 2.59. The topological polar surface area (TPSA) is 95.5 Å². The van der Waals surface area contributed by atoms with E-state index >= 15 is 0 Å². The maximum atomic E-state index is 8.93. The highest BCUT2D eigenvalue weighted by Gasteiger charge is 2.01. The molecule has 0 radical (unpaired) electrons. The van der Waals surface area contributed by atoms with Crippen LogP contribution in [0.3, 0.4) is 0 Å². The molecule has 0 bridgehead atoms. The summed E-state index contributed by atoms with van der Waals surface area (Å²) >= 11 is 0. The van der Waals surface area contributed by atoms with Crippen molar-refractivity contribution >= 4 is 28.4 Å². The van der Waals surface area contributed by atoms with E-state index in [4.69, 9.17) is 19.8 Å². The molecule has 0 fully saturated rings. The Hall–Kier alpha value is -2.60. The van der Waals surface area contributed by atoms with Gasteiger partial charge in [0.15, 0.2) is 0 Å². The molecule has 0 spiro atoms. The van der Waals surface area contributed by atoms with Crippen LogP contribution >= 0.6 is 0 Å². The Kier molecular flexibility index (Phi) is 8.29. The fraction of sp³-hybridized carbons (Fsp3) is 0.333. The molecule has 0 aliphatic carbocycles. The fourth-order valence-electron chi connectivity index (χ4n) is 2.27. The van der Waals surface area contributed by atoms with Crippen LogP contribution in [0.25, 0.3) is 10.8 Å². The predicted molar refractivity (Wildman–Crippen MR) is 90.2 cm³/mol. The van der Waals surface area contributed by atoms with E-state index in [1.807, 2.05) is 0 Å². The number of hydrogen-bond donors (Lipinski definition) is 1. The van der Waals surface area contributed by atoms with Gasteiger partial charge in [0.25, 0.3) is 0 Å². The van der Waals surface area contributed by atoms with Gasteiger partial charge in [-0.3, -0.25) is 0 Å². The monoisotopic (exact) mass is 330 g/mol. The third-order valence-corrected chi connectivity index (χ3v) is 3.59. The number of hydrogen-bond acceptors (Lipinski definition) is 6. The van der Waals surface area contributed by atoms with Crippen LogP contribution in [0.2, 0.25) is 0 Å². The Morgan fingerprint density at radius 2 is 1.54 bits per heavy atom. The summed E-state index contributed by atoms with van der Waals surface area (Å²) in [7, 11) is 0. The van der Waals surface area contributed by atoms with Gasteiger partial charge in [0, 0.05) is 24.2 Å². The lowest BCUT2D eigenvalue weighted by atomic mass is 10.1. The summed E-state index contributed by atoms with van der Waals surface area (Å²) in [4.78, 5) is 20.3. The fourth-order valence-corrected chi connectivity index (χ4v) is 2.27. The zero-order chi connectivity index (χ0) is 17.9. The molecule has 0 aliphatic heterocycles. The van der Waals surface area contributed by atoms with Crippen molar-refractivity contribution in [3.63, 3.8) is 0 Å². The lowest BCUT2D eigenvalue weighted by Crippen LogP contribution is -2.42. The van der Waals surface area contributed by atoms with E-state index in [0.29, 0.717) is 0 Å². The molecule has 0 heterocycles. The normalized spacial score (nSPS) is 10.1. The van der Waals surface area contributed by atoms with Crippen molar-refractivity contribution in [2.45, 2.75) is 13.8 Å². The first-order valence-corrected chi connectivity index (χ1v) is 7.85. The van der Waals surface area contributed by atoms with Crippen LogP contribution in [0.4, 0.5) is 5.69 Å². The third kappa shape index (κ3) is 6.26. The van der Waals surface area contributed by atoms with Gasteiger partial charge in [0.1, 0.15) is 0 Å². The Morgan fingerprint density at radius 1 is 0.958 bits per heavy atom. The number of rotatable bonds is 6. The number of aliphatic carboxylic acids is 2. The number of anilines is 1. The lowest BCUT2D eigenvalue weighted by molar-refractivity contribution is -0.345. The highest BCUT2D eigenvalue weighted by molar-refractivity contribution is 6.25. The summed E-state index contributed by atoms with van der Waals surface area (Å²) < 4.78 is 0. The van der Waals surface area contributed by atoms with E-state index in [-0.39, 0.29) is 0 Å². The summed E-state index contributed by atoms with van der Waals surface area (Å²) in [6.45, 7) is 8.75. The van der Waals surface area contributed by atoms with Crippen LogP contribution in [0.1, 0.15) is 13.8 Å². The number of benzene rings is 2. The second kappa shape index (κ2) is 10.2. The predicted octanol–water partition coefficient (Wildman–Crippen LogP) is 0.0797. The Balaban J connectivity index is 0.000000413. The molecule has 0 saturated carbocycles. The molecule has 24 heavy (non-hydrogen) atoms. The number of carboxylic acids is 2. The van der Waals surface area contributed by atoms with Gasteiger partial charge in [-0.1, -0.05) is 50.2 Å². The number of carbonyl (C=O) groups excluding carboxylic acids is 2. The maximum Gasteiger partial charge on any atom is 0.0870 e. The first-order valence-electron chi connectivity index (χ1n) is 7.85. The zero-order valence-electron chi connectivity index (χ0n) is 14.0. The molecule has 0 atom stereocenters. The average molecular weight is 330 g/mol. The quantitative estimate of drug-likeness (QED) is 0.754. The molecular weight excluding hydrogens is 308 g/mol. The molecule has 2 aromatic carbocycles. The highest BCUT2D eigenvalue weighted by Crippen LogP contribution is 2.22. The van der Waals surface area contributed by atoms with Gasteiger partial charge in [-0.25, -0.2) is 0 Å². The first-order chi connectivity index (χ1) is 11.5. The molecule has 0 aliphatic rings. The van der Waals surface area contributed by atoms with Crippen molar-refractivity contribution in [2.75, 3.05) is 31.5 Å². The molecule has 1 N–H and O–H groups in total. The summed E-state index contributed by atoms with van der Waals surface area (Å²) in [5.74, 6) is -4.37. The number of nitrogens with zero attached hydrogens (tertiary/aromatic N) is 1. The Labute approximate surface area is 141 Å². The summed E-state index contributed by atoms with van der Waals surface area (Å²) in [5, 5.41) is 24.0. The van der Waals surface area contributed by atoms with Gasteiger partial charge in [0.2, 0.25) is 0 Å². The van der Waals surface area contributed by atoms with Crippen LogP contribution in [-0.2, 0) is 9.59 Å². The molecule has 6 heteroatoms. The zero-order valence-corrected chi connectivity index (χ0v) is 14.0. The summed E-state index contributed by atoms with van der Waals surface area (Å²) in [6.07, 6.45) is 0. The third-order valence-electron chi connectivity index (χ3n) is 3.59. The second-order valence-corrected chi connectivity index (χ2v) is 5.06. The van der Waals surface area contributed by atoms with E-state index in [1.165, 1.54) is 16.5 Å². The van der Waals surface area contributed by atoms with Crippen molar-refractivity contribution in [3.8, 4) is 0 Å². The van der Waals surface area contributed by atoms with Crippen molar-refractivity contribution in [2.24, 2.45) is 0 Å². The van der Waals surface area contributed by atoms with Crippen molar-refractivity contribution in [1.29, 1.82) is 0 Å². The second-order valence-electron chi connectivity index (χ2n) is 5.06. The van der Waals surface area contributed by atoms with Crippen LogP contribution in [0.15, 0.2) is 42.5 Å². The van der Waals surface area contributed by atoms with E-state index in [2.05, 4.69) is 66.5 Å². The van der Waals surface area contributed by atoms with Gasteiger partial charge < -0.3 is 30.0 Å². The number of carboxylic acid groups (broad SMARTS) is 2. The molecule has 2 aromatic rings. The Bertz CT molecular complexity index is 652.